The van der Waals surface area contributed by atoms with Crippen LogP contribution in [-0.2, 0) is 6.11 Å². The van der Waals surface area contributed by atoms with Crippen LogP contribution in [0.15, 0.2) is 60.7 Å². The Morgan fingerprint density at radius 3 is 1.81 bits per heavy atom. The van der Waals surface area contributed by atoms with Gasteiger partial charge in [-0.15, -0.1) is 0 Å². The Balaban J connectivity index is 1.28. The Morgan fingerprint density at radius 1 is 0.667 bits per heavy atom. The fraction of sp³-hybridized carbons (Fsp3) is 0.316. The Morgan fingerprint density at radius 2 is 1.25 bits per heavy atom. The van der Waals surface area contributed by atoms with Crippen molar-refractivity contribution in [3.05, 3.63) is 124 Å². The molecule has 10 heteroatoms. The summed E-state index contributed by atoms with van der Waals surface area (Å²) in [6.07, 6.45) is 6.33. The first-order chi connectivity index (χ1) is 22.9. The van der Waals surface area contributed by atoms with E-state index in [1.165, 1.54) is 25.7 Å². The molecule has 1 aliphatic rings. The van der Waals surface area contributed by atoms with Gasteiger partial charge in [-0.2, -0.15) is 8.78 Å². The molecule has 254 valence electrons. The molecule has 0 unspecified atom stereocenters. The summed E-state index contributed by atoms with van der Waals surface area (Å²) in [5.74, 6) is -10.9. The minimum Gasteiger partial charge on any atom is -0.429 e. The molecule has 0 amide bonds. The second kappa shape index (κ2) is 14.9. The van der Waals surface area contributed by atoms with E-state index in [1.54, 1.807) is 12.1 Å². The lowest BCUT2D eigenvalue weighted by Gasteiger charge is -2.29. The van der Waals surface area contributed by atoms with Gasteiger partial charge in [-0.1, -0.05) is 62.9 Å². The number of ether oxygens (including phenoxy) is 1. The summed E-state index contributed by atoms with van der Waals surface area (Å²) in [5.41, 5.74) is -1.29. The average Bonchev–Trinajstić information content (AvgIpc) is 3.03. The Kier molecular flexibility index (Phi) is 10.9. The van der Waals surface area contributed by atoms with E-state index in [9.17, 15) is 22.0 Å². The molecule has 0 N–H and O–H groups in total. The third kappa shape index (κ3) is 8.08. The van der Waals surface area contributed by atoms with Gasteiger partial charge in [0.05, 0.1) is 0 Å². The van der Waals surface area contributed by atoms with Crippen LogP contribution in [0.25, 0.3) is 23.3 Å². The predicted octanol–water partition coefficient (Wildman–Crippen LogP) is 12.5. The molecule has 0 spiro atoms. The van der Waals surface area contributed by atoms with Gasteiger partial charge in [-0.05, 0) is 90.1 Å². The molecule has 0 saturated heterocycles. The van der Waals surface area contributed by atoms with E-state index in [0.717, 1.165) is 61.4 Å². The van der Waals surface area contributed by atoms with Crippen LogP contribution < -0.4 is 4.74 Å². The summed E-state index contributed by atoms with van der Waals surface area (Å²) in [4.78, 5) is 0. The van der Waals surface area contributed by atoms with Crippen LogP contribution in [0, 0.1) is 46.6 Å². The molecule has 4 aromatic carbocycles. The maximum atomic E-state index is 15.0. The Labute approximate surface area is 273 Å². The second-order valence-corrected chi connectivity index (χ2v) is 12.2. The van der Waals surface area contributed by atoms with Crippen LogP contribution in [0.1, 0.15) is 86.5 Å². The van der Waals surface area contributed by atoms with Gasteiger partial charge in [0.25, 0.3) is 0 Å². The molecule has 1 aliphatic carbocycles. The molecule has 1 nitrogen and oxygen atoms in total. The van der Waals surface area contributed by atoms with E-state index in [4.69, 9.17) is 0 Å². The number of benzene rings is 4. The molecular formula is C38H33F9O. The number of alkyl halides is 2. The lowest BCUT2D eigenvalue weighted by Crippen LogP contribution is -2.25. The van der Waals surface area contributed by atoms with Crippen molar-refractivity contribution in [2.24, 2.45) is 5.92 Å². The molecule has 4 aromatic rings. The van der Waals surface area contributed by atoms with Gasteiger partial charge in [0.2, 0.25) is 0 Å². The fourth-order valence-corrected chi connectivity index (χ4v) is 6.26. The van der Waals surface area contributed by atoms with Crippen LogP contribution in [0.4, 0.5) is 39.5 Å². The largest absolute Gasteiger partial charge is 0.432 e. The van der Waals surface area contributed by atoms with Crippen LogP contribution in [0.2, 0.25) is 0 Å². The molecule has 0 bridgehead atoms. The number of halogens is 9. The lowest BCUT2D eigenvalue weighted by molar-refractivity contribution is -0.189. The van der Waals surface area contributed by atoms with E-state index in [1.807, 2.05) is 12.1 Å². The predicted molar refractivity (Wildman–Crippen MR) is 167 cm³/mol. The van der Waals surface area contributed by atoms with Gasteiger partial charge >= 0.3 is 6.11 Å². The summed E-state index contributed by atoms with van der Waals surface area (Å²) in [5, 5.41) is 0. The molecule has 0 radical (unpaired) electrons. The lowest BCUT2D eigenvalue weighted by atomic mass is 9.77. The number of rotatable bonds is 11. The quantitative estimate of drug-likeness (QED) is 0.0665. The minimum absolute atomic E-state index is 0.0184. The molecule has 1 saturated carbocycles. The molecular weight excluding hydrogens is 643 g/mol. The monoisotopic (exact) mass is 676 g/mol. The van der Waals surface area contributed by atoms with Crippen LogP contribution in [0.5, 0.6) is 5.75 Å². The van der Waals surface area contributed by atoms with Crippen molar-refractivity contribution in [1.82, 2.24) is 0 Å². The van der Waals surface area contributed by atoms with Gasteiger partial charge in [0, 0.05) is 17.7 Å². The van der Waals surface area contributed by atoms with Crippen LogP contribution >= 0.6 is 0 Å². The topological polar surface area (TPSA) is 9.23 Å². The van der Waals surface area contributed by atoms with Crippen molar-refractivity contribution >= 4 is 12.2 Å². The normalized spacial score (nSPS) is 16.9. The zero-order chi connectivity index (χ0) is 34.6. The second-order valence-electron chi connectivity index (χ2n) is 12.2. The molecule has 0 atom stereocenters. The van der Waals surface area contributed by atoms with E-state index in [2.05, 4.69) is 11.7 Å². The highest BCUT2D eigenvalue weighted by atomic mass is 19.3. The van der Waals surface area contributed by atoms with Crippen molar-refractivity contribution in [2.75, 3.05) is 0 Å². The van der Waals surface area contributed by atoms with Gasteiger partial charge in [0.15, 0.2) is 17.5 Å². The Hall–Kier alpha value is -4.21. The van der Waals surface area contributed by atoms with Gasteiger partial charge in [-0.3, -0.25) is 0 Å². The summed E-state index contributed by atoms with van der Waals surface area (Å²) >= 11 is 0. The van der Waals surface area contributed by atoms with Crippen molar-refractivity contribution in [1.29, 1.82) is 0 Å². The standard InChI is InChI=1S/C38H33F9O/c1-2-3-4-5-22-6-9-24(10-7-22)25-11-13-26(14-12-25)27-18-32(41)36(33(42)19-27)38(46,47)48-28-20-30(39)29(31(40)21-28)15-8-23-16-34(43)37(45)35(44)17-23/h8,11-22,24H,2-7,9-10H2,1H3. The van der Waals surface area contributed by atoms with E-state index < -0.39 is 63.7 Å². The SMILES string of the molecule is CCCCCC1CCC(c2ccc(-c3cc(F)c(C(F)(F)Oc4cc(F)c(C=Cc5cc(F)c(F)c(F)c5)c(F)c4)c(F)c3)cc2)CC1. The average molecular weight is 677 g/mol. The number of unbranched alkanes of at least 4 members (excludes halogenated alkanes) is 2. The van der Waals surface area contributed by atoms with Crippen LogP contribution in [-0.4, -0.2) is 0 Å². The Bertz CT molecular complexity index is 1700. The maximum absolute atomic E-state index is 15.0. The molecule has 48 heavy (non-hydrogen) atoms. The first kappa shape index (κ1) is 35.1. The van der Waals surface area contributed by atoms with Gasteiger partial charge in [0.1, 0.15) is 34.6 Å². The van der Waals surface area contributed by atoms with Crippen molar-refractivity contribution in [2.45, 2.75) is 70.3 Å². The fourth-order valence-electron chi connectivity index (χ4n) is 6.26. The number of hydrogen-bond donors (Lipinski definition) is 0. The molecule has 0 aromatic heterocycles. The van der Waals surface area contributed by atoms with Gasteiger partial charge in [-0.25, -0.2) is 30.7 Å². The molecule has 5 rings (SSSR count). The highest BCUT2D eigenvalue weighted by Crippen LogP contribution is 2.40. The van der Waals surface area contributed by atoms with E-state index >= 15 is 17.6 Å². The third-order valence-corrected chi connectivity index (χ3v) is 8.86. The van der Waals surface area contributed by atoms with E-state index in [0.29, 0.717) is 35.7 Å². The maximum Gasteiger partial charge on any atom is 0.432 e. The summed E-state index contributed by atoms with van der Waals surface area (Å²) < 4.78 is 134. The zero-order valence-electron chi connectivity index (χ0n) is 26.0. The van der Waals surface area contributed by atoms with Gasteiger partial charge < -0.3 is 4.74 Å². The third-order valence-electron chi connectivity index (χ3n) is 8.86. The van der Waals surface area contributed by atoms with Crippen molar-refractivity contribution in [3.63, 3.8) is 0 Å². The number of hydrogen-bond acceptors (Lipinski definition) is 1. The smallest absolute Gasteiger partial charge is 0.429 e. The van der Waals surface area contributed by atoms with Crippen molar-refractivity contribution in [3.8, 4) is 16.9 Å². The molecule has 0 aliphatic heterocycles. The highest BCUT2D eigenvalue weighted by Gasteiger charge is 2.41. The first-order valence-corrected chi connectivity index (χ1v) is 15.8. The summed E-state index contributed by atoms with van der Waals surface area (Å²) in [6.45, 7) is 2.19. The van der Waals surface area contributed by atoms with Crippen LogP contribution in [0.3, 0.4) is 0 Å². The summed E-state index contributed by atoms with van der Waals surface area (Å²) in [7, 11) is 0. The highest BCUT2D eigenvalue weighted by molar-refractivity contribution is 5.70. The molecule has 1 fully saturated rings. The summed E-state index contributed by atoms with van der Waals surface area (Å²) in [6, 6.07) is 10.5. The minimum atomic E-state index is -4.68. The molecule has 0 heterocycles. The zero-order valence-corrected chi connectivity index (χ0v) is 26.0. The first-order valence-electron chi connectivity index (χ1n) is 15.8. The van der Waals surface area contributed by atoms with Crippen molar-refractivity contribution < 1.29 is 44.3 Å². The van der Waals surface area contributed by atoms with E-state index in [-0.39, 0.29) is 11.1 Å².